The molecule has 104 valence electrons. The Morgan fingerprint density at radius 1 is 1.20 bits per heavy atom. The van der Waals surface area contributed by atoms with Crippen molar-refractivity contribution in [1.82, 2.24) is 0 Å². The first-order valence-corrected chi connectivity index (χ1v) is 7.46. The van der Waals surface area contributed by atoms with Gasteiger partial charge >= 0.3 is 0 Å². The number of ether oxygens (including phenoxy) is 1. The Kier molecular flexibility index (Phi) is 3.92. The maximum Gasteiger partial charge on any atom is 0.143 e. The third-order valence-electron chi connectivity index (χ3n) is 3.45. The number of hydrogen-bond acceptors (Lipinski definition) is 2. The predicted molar refractivity (Wildman–Crippen MR) is 81.7 cm³/mol. The van der Waals surface area contributed by atoms with Crippen LogP contribution in [0.4, 0.5) is 10.1 Å². The molecule has 3 rings (SSSR count). The van der Waals surface area contributed by atoms with E-state index in [9.17, 15) is 4.39 Å². The molecule has 1 N–H and O–H groups in total. The zero-order valence-electron chi connectivity index (χ0n) is 11.0. The molecule has 0 saturated carbocycles. The topological polar surface area (TPSA) is 21.3 Å². The van der Waals surface area contributed by atoms with E-state index in [1.807, 2.05) is 18.2 Å². The molecule has 1 heterocycles. The van der Waals surface area contributed by atoms with E-state index in [-0.39, 0.29) is 5.82 Å². The van der Waals surface area contributed by atoms with Gasteiger partial charge in [0.15, 0.2) is 0 Å². The van der Waals surface area contributed by atoms with Gasteiger partial charge in [-0.05, 0) is 46.5 Å². The molecule has 2 aromatic carbocycles. The van der Waals surface area contributed by atoms with Crippen molar-refractivity contribution < 1.29 is 9.13 Å². The lowest BCUT2D eigenvalue weighted by atomic mass is 10.0. The smallest absolute Gasteiger partial charge is 0.143 e. The summed E-state index contributed by atoms with van der Waals surface area (Å²) < 4.78 is 19.8. The minimum atomic E-state index is -0.265. The van der Waals surface area contributed by atoms with Gasteiger partial charge in [-0.25, -0.2) is 4.39 Å². The number of para-hydroxylation sites is 1. The van der Waals surface area contributed by atoms with Crippen LogP contribution in [0.2, 0.25) is 0 Å². The molecule has 0 aromatic heterocycles. The Morgan fingerprint density at radius 2 is 2.05 bits per heavy atom. The summed E-state index contributed by atoms with van der Waals surface area (Å²) in [6, 6.07) is 11.0. The highest BCUT2D eigenvalue weighted by Gasteiger charge is 2.14. The van der Waals surface area contributed by atoms with Crippen LogP contribution in [0.1, 0.15) is 17.5 Å². The second-order valence-electron chi connectivity index (χ2n) is 4.82. The third-order valence-corrected chi connectivity index (χ3v) is 4.34. The lowest BCUT2D eigenvalue weighted by molar-refractivity contribution is 0.305. The number of benzene rings is 2. The summed E-state index contributed by atoms with van der Waals surface area (Å²) in [4.78, 5) is 0. The lowest BCUT2D eigenvalue weighted by Crippen LogP contribution is -2.13. The van der Waals surface area contributed by atoms with Crippen LogP contribution in [0.3, 0.4) is 0 Å². The van der Waals surface area contributed by atoms with E-state index in [4.69, 9.17) is 4.74 Å². The summed E-state index contributed by atoms with van der Waals surface area (Å²) in [7, 11) is 0. The Balaban J connectivity index is 1.80. The van der Waals surface area contributed by atoms with Gasteiger partial charge in [0, 0.05) is 12.1 Å². The monoisotopic (exact) mass is 335 g/mol. The first-order chi connectivity index (χ1) is 9.75. The van der Waals surface area contributed by atoms with E-state index >= 15 is 0 Å². The molecule has 20 heavy (non-hydrogen) atoms. The van der Waals surface area contributed by atoms with Gasteiger partial charge in [-0.3, -0.25) is 0 Å². The molecule has 0 bridgehead atoms. The van der Waals surface area contributed by atoms with Gasteiger partial charge in [0.1, 0.15) is 18.2 Å². The number of rotatable bonds is 3. The highest BCUT2D eigenvalue weighted by Crippen LogP contribution is 2.33. The van der Waals surface area contributed by atoms with Gasteiger partial charge < -0.3 is 10.1 Å². The summed E-state index contributed by atoms with van der Waals surface area (Å²) in [5, 5.41) is 3.38. The van der Waals surface area contributed by atoms with Crippen LogP contribution in [0, 0.1) is 5.82 Å². The van der Waals surface area contributed by atoms with Crippen LogP contribution in [-0.4, -0.2) is 6.54 Å². The number of fused-ring (bicyclic) bond motifs is 1. The Morgan fingerprint density at radius 3 is 2.95 bits per heavy atom. The van der Waals surface area contributed by atoms with Gasteiger partial charge in [0.25, 0.3) is 0 Å². The normalized spacial score (nSPS) is 13.5. The minimum Gasteiger partial charge on any atom is -0.487 e. The lowest BCUT2D eigenvalue weighted by Gasteiger charge is -2.21. The quantitative estimate of drug-likeness (QED) is 0.889. The first kappa shape index (κ1) is 13.4. The Bertz CT molecular complexity index is 630. The summed E-state index contributed by atoms with van der Waals surface area (Å²) in [6.07, 6.45) is 2.22. The van der Waals surface area contributed by atoms with Crippen LogP contribution >= 0.6 is 15.9 Å². The molecule has 2 aromatic rings. The molecule has 0 saturated heterocycles. The summed E-state index contributed by atoms with van der Waals surface area (Å²) >= 11 is 3.26. The summed E-state index contributed by atoms with van der Waals surface area (Å²) in [6.45, 7) is 1.31. The third kappa shape index (κ3) is 2.66. The number of nitrogens with one attached hydrogen (secondary N) is 1. The molecule has 0 amide bonds. The second-order valence-corrected chi connectivity index (χ2v) is 5.62. The molecular weight excluding hydrogens is 321 g/mol. The maximum absolute atomic E-state index is 13.5. The zero-order chi connectivity index (χ0) is 13.9. The Hall–Kier alpha value is -1.55. The molecule has 0 atom stereocenters. The molecule has 0 fully saturated rings. The number of hydrogen-bond donors (Lipinski definition) is 1. The largest absolute Gasteiger partial charge is 0.487 e. The van der Waals surface area contributed by atoms with E-state index in [1.54, 1.807) is 6.07 Å². The van der Waals surface area contributed by atoms with Crippen LogP contribution in [0.15, 0.2) is 40.9 Å². The fourth-order valence-electron chi connectivity index (χ4n) is 2.41. The standard InChI is InChI=1S/C16H15BrFNO/c17-15-12(5-1-7-13(15)18)10-20-14-8-2-4-11-6-3-9-19-16(11)14/h1-2,4-5,7-8,19H,3,6,9-10H2. The van der Waals surface area contributed by atoms with Crippen molar-refractivity contribution in [1.29, 1.82) is 0 Å². The zero-order valence-corrected chi connectivity index (χ0v) is 12.5. The highest BCUT2D eigenvalue weighted by molar-refractivity contribution is 9.10. The number of aryl methyl sites for hydroxylation is 1. The fourth-order valence-corrected chi connectivity index (χ4v) is 2.79. The molecule has 1 aliphatic heterocycles. The fraction of sp³-hybridized carbons (Fsp3) is 0.250. The van der Waals surface area contributed by atoms with Crippen LogP contribution < -0.4 is 10.1 Å². The molecule has 0 spiro atoms. The van der Waals surface area contributed by atoms with E-state index in [1.165, 1.54) is 11.6 Å². The van der Waals surface area contributed by atoms with Gasteiger partial charge in [0.05, 0.1) is 10.2 Å². The van der Waals surface area contributed by atoms with Crippen molar-refractivity contribution >= 4 is 21.6 Å². The average Bonchev–Trinajstić information content (AvgIpc) is 2.49. The van der Waals surface area contributed by atoms with Crippen molar-refractivity contribution in [3.8, 4) is 5.75 Å². The van der Waals surface area contributed by atoms with Crippen LogP contribution in [0.5, 0.6) is 5.75 Å². The maximum atomic E-state index is 13.5. The molecule has 0 aliphatic carbocycles. The molecule has 0 radical (unpaired) electrons. The van der Waals surface area contributed by atoms with E-state index in [0.717, 1.165) is 36.4 Å². The van der Waals surface area contributed by atoms with Crippen molar-refractivity contribution in [2.75, 3.05) is 11.9 Å². The minimum absolute atomic E-state index is 0.265. The molecule has 1 aliphatic rings. The molecule has 4 heteroatoms. The predicted octanol–water partition coefficient (Wildman–Crippen LogP) is 4.53. The van der Waals surface area contributed by atoms with Gasteiger partial charge in [0.2, 0.25) is 0 Å². The summed E-state index contributed by atoms with van der Waals surface area (Å²) in [5.41, 5.74) is 3.16. The summed E-state index contributed by atoms with van der Waals surface area (Å²) in [5.74, 6) is 0.567. The Labute approximate surface area is 126 Å². The number of halogens is 2. The molecule has 0 unspecified atom stereocenters. The second kappa shape index (κ2) is 5.83. The number of anilines is 1. The van der Waals surface area contributed by atoms with Crippen LogP contribution in [0.25, 0.3) is 0 Å². The highest BCUT2D eigenvalue weighted by atomic mass is 79.9. The van der Waals surface area contributed by atoms with Gasteiger partial charge in [-0.2, -0.15) is 0 Å². The van der Waals surface area contributed by atoms with Crippen molar-refractivity contribution in [2.45, 2.75) is 19.4 Å². The average molecular weight is 336 g/mol. The van der Waals surface area contributed by atoms with Gasteiger partial charge in [-0.15, -0.1) is 0 Å². The van der Waals surface area contributed by atoms with Crippen molar-refractivity contribution in [3.05, 3.63) is 57.8 Å². The SMILES string of the molecule is Fc1cccc(COc2cccc3c2NCCC3)c1Br. The molecular formula is C16H15BrFNO. The van der Waals surface area contributed by atoms with E-state index in [0.29, 0.717) is 11.1 Å². The van der Waals surface area contributed by atoms with Crippen molar-refractivity contribution in [2.24, 2.45) is 0 Å². The van der Waals surface area contributed by atoms with Crippen molar-refractivity contribution in [3.63, 3.8) is 0 Å². The van der Waals surface area contributed by atoms with Crippen LogP contribution in [-0.2, 0) is 13.0 Å². The first-order valence-electron chi connectivity index (χ1n) is 6.67. The van der Waals surface area contributed by atoms with Gasteiger partial charge in [-0.1, -0.05) is 24.3 Å². The van der Waals surface area contributed by atoms with E-state index in [2.05, 4.69) is 27.3 Å². The molecule has 2 nitrogen and oxygen atoms in total. The van der Waals surface area contributed by atoms with E-state index < -0.39 is 0 Å².